The van der Waals surface area contributed by atoms with Crippen molar-refractivity contribution in [1.29, 1.82) is 0 Å². The Kier molecular flexibility index (Phi) is 75.5. The van der Waals surface area contributed by atoms with Gasteiger partial charge in [0.15, 0.2) is 0 Å². The first-order valence-corrected chi connectivity index (χ1v) is 34.0. The van der Waals surface area contributed by atoms with Crippen molar-refractivity contribution in [3.63, 3.8) is 0 Å². The van der Waals surface area contributed by atoms with Crippen molar-refractivity contribution in [3.05, 3.63) is 72.9 Å². The first-order valence-electron chi connectivity index (χ1n) is 34.0. The van der Waals surface area contributed by atoms with Crippen LogP contribution in [0.2, 0.25) is 0 Å². The third kappa shape index (κ3) is 87.8. The molecule has 0 bridgehead atoms. The zero-order valence-corrected chi connectivity index (χ0v) is 59.5. The molecule has 0 rings (SSSR count). The molecule has 0 aliphatic rings. The van der Waals surface area contributed by atoms with Gasteiger partial charge in [-0.15, -0.1) is 0 Å². The van der Waals surface area contributed by atoms with Gasteiger partial charge in [0.1, 0.15) is 0 Å². The molecule has 0 fully saturated rings. The molecule has 0 N–H and O–H groups in total. The molecular formula is C75H138O12. The van der Waals surface area contributed by atoms with Crippen LogP contribution in [0.5, 0.6) is 0 Å². The Morgan fingerprint density at radius 3 is 0.598 bits per heavy atom. The Labute approximate surface area is 536 Å². The number of esters is 6. The highest BCUT2D eigenvalue weighted by Crippen LogP contribution is 2.15. The van der Waals surface area contributed by atoms with E-state index in [4.69, 9.17) is 28.4 Å². The number of unbranched alkanes of at least 4 members (excludes halogenated alkanes) is 30. The van der Waals surface area contributed by atoms with Gasteiger partial charge in [0.05, 0.1) is 39.6 Å². The summed E-state index contributed by atoms with van der Waals surface area (Å²) in [6.45, 7) is 53.2. The predicted molar refractivity (Wildman–Crippen MR) is 369 cm³/mol. The Hall–Kier alpha value is -4.74. The second-order valence-corrected chi connectivity index (χ2v) is 25.0. The molecule has 0 atom stereocenters. The summed E-state index contributed by atoms with van der Waals surface area (Å²) in [4.78, 5) is 65.8. The lowest BCUT2D eigenvalue weighted by Crippen LogP contribution is -2.18. The summed E-state index contributed by atoms with van der Waals surface area (Å²) in [5.41, 5.74) is 2.89. The summed E-state index contributed by atoms with van der Waals surface area (Å²) in [6, 6.07) is 0. The third-order valence-corrected chi connectivity index (χ3v) is 12.7. The molecule has 0 unspecified atom stereocenters. The van der Waals surface area contributed by atoms with Crippen molar-refractivity contribution in [3.8, 4) is 0 Å². The first kappa shape index (κ1) is 93.4. The maximum Gasteiger partial charge on any atom is 0.333 e. The van der Waals surface area contributed by atoms with E-state index in [-0.39, 0.29) is 41.2 Å². The van der Waals surface area contributed by atoms with Gasteiger partial charge in [-0.2, -0.15) is 0 Å². The van der Waals surface area contributed by atoms with Gasteiger partial charge >= 0.3 is 35.8 Å². The van der Waals surface area contributed by atoms with Gasteiger partial charge in [-0.3, -0.25) is 0 Å². The molecule has 510 valence electrons. The standard InChI is InChI=1S/C16H30O2.C15H28O2.C14H26O2.C13H24O2.C9H16O2.C8H14O2/c1-4-5-6-7-8-9-10-11-12-13-14-18-16(17)15(2)3;1-4-5-6-7-8-9-10-11-12-13-17-15(16)14(2)3;1-4-5-6-7-8-9-10-11-12-16-14(15)13(2)3;1-4-5-6-7-8-9-10-11-15-13(14)12(2)3;1-7(2)8(10)11-6-9(3,4)5;1-6(2)5-10-8(9)7(3)4/h2,4-14H2,1,3H3;2,4-13H2,1,3H3;2,4-12H2,1,3H3;2,4-11H2,1,3H3;1,6H2,2-5H3;6H,3,5H2,1-2,4H3. The van der Waals surface area contributed by atoms with Crippen LogP contribution in [-0.2, 0) is 57.2 Å². The Morgan fingerprint density at radius 1 is 0.276 bits per heavy atom. The van der Waals surface area contributed by atoms with E-state index < -0.39 is 0 Å². The van der Waals surface area contributed by atoms with Crippen LogP contribution in [0.1, 0.15) is 322 Å². The van der Waals surface area contributed by atoms with Crippen LogP contribution < -0.4 is 0 Å². The minimum Gasteiger partial charge on any atom is -0.462 e. The zero-order chi connectivity index (χ0) is 67.5. The monoisotopic (exact) mass is 1230 g/mol. The molecule has 0 heterocycles. The fourth-order valence-corrected chi connectivity index (χ4v) is 7.22. The minimum absolute atomic E-state index is 0.0328. The van der Waals surface area contributed by atoms with Crippen LogP contribution >= 0.6 is 0 Å². The van der Waals surface area contributed by atoms with Crippen molar-refractivity contribution >= 4 is 35.8 Å². The molecule has 0 aromatic carbocycles. The summed E-state index contributed by atoms with van der Waals surface area (Å²) < 4.78 is 29.8. The van der Waals surface area contributed by atoms with E-state index in [2.05, 4.69) is 67.2 Å². The number of rotatable bonds is 47. The summed E-state index contributed by atoms with van der Waals surface area (Å²) in [6.07, 6.45) is 43.2. The molecule has 0 spiro atoms. The lowest BCUT2D eigenvalue weighted by Gasteiger charge is -2.17. The molecule has 0 aromatic rings. The number of hydrogen-bond donors (Lipinski definition) is 0. The molecule has 0 saturated carbocycles. The predicted octanol–water partition coefficient (Wildman–Crippen LogP) is 21.7. The second-order valence-electron chi connectivity index (χ2n) is 25.0. The normalized spacial score (nSPS) is 10.2. The molecule has 0 saturated heterocycles. The molecule has 0 radical (unpaired) electrons. The second kappa shape index (κ2) is 70.3. The van der Waals surface area contributed by atoms with Crippen LogP contribution in [0, 0.1) is 11.3 Å². The number of carbonyl (C=O) groups excluding carboxylic acids is 6. The lowest BCUT2D eigenvalue weighted by molar-refractivity contribution is -0.142. The van der Waals surface area contributed by atoms with Crippen molar-refractivity contribution in [1.82, 2.24) is 0 Å². The number of carbonyl (C=O) groups is 6. The summed E-state index contributed by atoms with van der Waals surface area (Å²) in [5.74, 6) is -1.25. The van der Waals surface area contributed by atoms with Gasteiger partial charge in [-0.1, -0.05) is 294 Å². The quantitative estimate of drug-likeness (QED) is 0.0246. The molecule has 0 aliphatic heterocycles. The highest BCUT2D eigenvalue weighted by Gasteiger charge is 2.14. The van der Waals surface area contributed by atoms with Crippen LogP contribution in [0.25, 0.3) is 0 Å². The number of ether oxygens (including phenoxy) is 6. The summed E-state index contributed by atoms with van der Waals surface area (Å²) in [5, 5.41) is 0. The fraction of sp³-hybridized carbons (Fsp3) is 0.760. The lowest BCUT2D eigenvalue weighted by atomic mass is 9.99. The fourth-order valence-electron chi connectivity index (χ4n) is 7.22. The Morgan fingerprint density at radius 2 is 0.437 bits per heavy atom. The summed E-state index contributed by atoms with van der Waals surface area (Å²) in [7, 11) is 0. The van der Waals surface area contributed by atoms with E-state index in [0.717, 1.165) is 44.9 Å². The largest absolute Gasteiger partial charge is 0.462 e. The smallest absolute Gasteiger partial charge is 0.333 e. The van der Waals surface area contributed by atoms with E-state index in [1.54, 1.807) is 41.5 Å². The topological polar surface area (TPSA) is 158 Å². The molecule has 12 nitrogen and oxygen atoms in total. The minimum atomic E-state index is -0.306. The SMILES string of the molecule is C=C(C)C(=O)OCC(C)(C)C.C=C(C)C(=O)OCC(C)C.C=C(C)C(=O)OCCCCCCCCC.C=C(C)C(=O)OCCCCCCCCCC.C=C(C)C(=O)OCCCCCCCCCCC.C=C(C)C(=O)OCCCCCCCCCCCC. The van der Waals surface area contributed by atoms with Crippen LogP contribution in [0.4, 0.5) is 0 Å². The Bertz CT molecular complexity index is 1770. The molecule has 12 heteroatoms. The molecule has 87 heavy (non-hydrogen) atoms. The zero-order valence-electron chi connectivity index (χ0n) is 59.5. The van der Waals surface area contributed by atoms with E-state index in [9.17, 15) is 28.8 Å². The van der Waals surface area contributed by atoms with Crippen molar-refractivity contribution < 1.29 is 57.2 Å². The maximum absolute atomic E-state index is 11.1. The van der Waals surface area contributed by atoms with Gasteiger partial charge in [-0.05, 0) is 78.6 Å². The van der Waals surface area contributed by atoms with Crippen molar-refractivity contribution in [2.75, 3.05) is 39.6 Å². The average molecular weight is 1230 g/mol. The summed E-state index contributed by atoms with van der Waals surface area (Å²) >= 11 is 0. The van der Waals surface area contributed by atoms with Gasteiger partial charge in [0.25, 0.3) is 0 Å². The van der Waals surface area contributed by atoms with Crippen LogP contribution in [0.15, 0.2) is 72.9 Å². The van der Waals surface area contributed by atoms with E-state index in [0.29, 0.717) is 79.0 Å². The van der Waals surface area contributed by atoms with Crippen molar-refractivity contribution in [2.45, 2.75) is 322 Å². The van der Waals surface area contributed by atoms with Gasteiger partial charge in [0, 0.05) is 33.4 Å². The van der Waals surface area contributed by atoms with Gasteiger partial charge in [-0.25, -0.2) is 28.8 Å². The Balaban J connectivity index is -0.000000229. The van der Waals surface area contributed by atoms with E-state index in [1.807, 2.05) is 34.6 Å². The molecule has 0 amide bonds. The average Bonchev–Trinajstić information content (AvgIpc) is 3.47. The van der Waals surface area contributed by atoms with Crippen LogP contribution in [0.3, 0.4) is 0 Å². The highest BCUT2D eigenvalue weighted by atomic mass is 16.6. The maximum atomic E-state index is 11.1. The molecular weight excluding hydrogens is 1090 g/mol. The highest BCUT2D eigenvalue weighted by molar-refractivity contribution is 5.88. The van der Waals surface area contributed by atoms with Gasteiger partial charge < -0.3 is 28.4 Å². The molecule has 0 aliphatic carbocycles. The van der Waals surface area contributed by atoms with Gasteiger partial charge in [0.2, 0.25) is 0 Å². The third-order valence-electron chi connectivity index (χ3n) is 12.7. The van der Waals surface area contributed by atoms with E-state index in [1.165, 1.54) is 173 Å². The van der Waals surface area contributed by atoms with Crippen LogP contribution in [-0.4, -0.2) is 75.5 Å². The van der Waals surface area contributed by atoms with E-state index >= 15 is 0 Å². The first-order chi connectivity index (χ1) is 41.1. The van der Waals surface area contributed by atoms with Crippen molar-refractivity contribution in [2.24, 2.45) is 11.3 Å². The molecule has 0 aromatic heterocycles. The number of hydrogen-bond acceptors (Lipinski definition) is 12.